The quantitative estimate of drug-likeness (QED) is 0.267. The lowest BCUT2D eigenvalue weighted by Gasteiger charge is -2.08. The number of pyridine rings is 1. The number of aromatic hydroxyl groups is 1. The highest BCUT2D eigenvalue weighted by Crippen LogP contribution is 2.38. The second-order valence-electron chi connectivity index (χ2n) is 7.82. The minimum atomic E-state index is -0.688. The molecule has 0 bridgehead atoms. The van der Waals surface area contributed by atoms with Crippen LogP contribution in [0, 0.1) is 0 Å². The second kappa shape index (κ2) is 9.63. The molecule has 5 rings (SSSR count). The Morgan fingerprint density at radius 1 is 1.03 bits per heavy atom. The third-order valence-corrected chi connectivity index (χ3v) is 5.54. The topological polar surface area (TPSA) is 127 Å². The molecule has 0 atom stereocenters. The lowest BCUT2D eigenvalue weighted by atomic mass is 10.2. The predicted molar refractivity (Wildman–Crippen MR) is 135 cm³/mol. The Morgan fingerprint density at radius 3 is 2.56 bits per heavy atom. The van der Waals surface area contributed by atoms with Crippen molar-refractivity contribution in [2.75, 3.05) is 6.54 Å². The molecule has 2 amide bonds. The van der Waals surface area contributed by atoms with Gasteiger partial charge < -0.3 is 15.0 Å². The van der Waals surface area contributed by atoms with Crippen molar-refractivity contribution in [1.29, 1.82) is 0 Å². The van der Waals surface area contributed by atoms with E-state index in [2.05, 4.69) is 32.1 Å². The first-order valence-corrected chi connectivity index (χ1v) is 11.1. The number of hydrogen-bond donors (Lipinski definition) is 2. The molecule has 2 N–H and O–H groups in total. The van der Waals surface area contributed by atoms with Crippen LogP contribution < -0.4 is 5.32 Å². The summed E-state index contributed by atoms with van der Waals surface area (Å²) in [5.74, 6) is -0.461. The third-order valence-electron chi connectivity index (χ3n) is 5.54. The van der Waals surface area contributed by atoms with Gasteiger partial charge in [0.1, 0.15) is 12.2 Å². The molecule has 0 saturated carbocycles. The number of allylic oxidation sites excluding steroid dienone is 1. The number of para-hydroxylation sites is 3. The first-order valence-electron chi connectivity index (χ1n) is 11.1. The number of benzene rings is 2. The van der Waals surface area contributed by atoms with E-state index in [1.165, 1.54) is 4.57 Å². The number of imidazole rings is 1. The fourth-order valence-electron chi connectivity index (χ4n) is 3.95. The van der Waals surface area contributed by atoms with Gasteiger partial charge in [-0.25, -0.2) is 14.3 Å². The van der Waals surface area contributed by atoms with E-state index in [0.717, 1.165) is 5.52 Å². The number of nitrogens with zero attached hydrogens (tertiary/aromatic N) is 6. The van der Waals surface area contributed by atoms with Crippen molar-refractivity contribution >= 4 is 39.6 Å². The number of amides is 2. The zero-order valence-corrected chi connectivity index (χ0v) is 19.1. The van der Waals surface area contributed by atoms with Gasteiger partial charge in [-0.3, -0.25) is 9.78 Å². The SMILES string of the molecule is C=CCn1c(O)c(N=NC(=O)CNC(=O)n2c(-c3ccccn3)nc3ccccc32)c2ccccc21. The van der Waals surface area contributed by atoms with E-state index >= 15 is 0 Å². The minimum absolute atomic E-state index is 0.124. The minimum Gasteiger partial charge on any atom is -0.493 e. The van der Waals surface area contributed by atoms with Gasteiger partial charge in [-0.1, -0.05) is 42.5 Å². The van der Waals surface area contributed by atoms with E-state index in [-0.39, 0.29) is 11.6 Å². The molecule has 0 spiro atoms. The zero-order valence-electron chi connectivity index (χ0n) is 19.1. The summed E-state index contributed by atoms with van der Waals surface area (Å²) < 4.78 is 2.99. The standard InChI is InChI=1S/C26H21N7O3/c1-2-15-32-20-12-5-3-9-17(20)23(25(32)35)31-30-22(34)16-28-26(36)33-21-13-6-4-10-18(21)29-24(33)19-11-7-8-14-27-19/h2-14,35H,1,15-16H2,(H,28,36). The van der Waals surface area contributed by atoms with Gasteiger partial charge in [0.15, 0.2) is 11.5 Å². The Morgan fingerprint density at radius 2 is 1.78 bits per heavy atom. The molecule has 0 unspecified atom stereocenters. The molecule has 0 aliphatic carbocycles. The number of carbonyl (C=O) groups excluding carboxylic acids is 2. The Balaban J connectivity index is 1.37. The fourth-order valence-corrected chi connectivity index (χ4v) is 3.95. The summed E-state index contributed by atoms with van der Waals surface area (Å²) in [6, 6.07) is 19.2. The van der Waals surface area contributed by atoms with Gasteiger partial charge >= 0.3 is 6.03 Å². The maximum atomic E-state index is 13.1. The molecule has 0 radical (unpaired) electrons. The first-order chi connectivity index (χ1) is 17.6. The fraction of sp³-hybridized carbons (Fsp3) is 0.0769. The zero-order chi connectivity index (χ0) is 25.1. The van der Waals surface area contributed by atoms with Crippen LogP contribution in [-0.4, -0.2) is 42.7 Å². The molecule has 5 aromatic rings. The smallest absolute Gasteiger partial charge is 0.328 e. The summed E-state index contributed by atoms with van der Waals surface area (Å²) >= 11 is 0. The average Bonchev–Trinajstić information content (AvgIpc) is 3.42. The van der Waals surface area contributed by atoms with Crippen LogP contribution in [0.1, 0.15) is 0 Å². The van der Waals surface area contributed by atoms with Crippen molar-refractivity contribution in [2.45, 2.75) is 6.54 Å². The van der Waals surface area contributed by atoms with Gasteiger partial charge in [0.2, 0.25) is 5.88 Å². The molecule has 2 aromatic carbocycles. The highest BCUT2D eigenvalue weighted by molar-refractivity contribution is 5.96. The molecule has 36 heavy (non-hydrogen) atoms. The number of aromatic nitrogens is 4. The number of rotatable bonds is 6. The molecule has 0 aliphatic heterocycles. The van der Waals surface area contributed by atoms with E-state index in [4.69, 9.17) is 0 Å². The molecule has 0 aliphatic rings. The van der Waals surface area contributed by atoms with Crippen molar-refractivity contribution in [3.63, 3.8) is 0 Å². The maximum absolute atomic E-state index is 13.1. The summed E-state index contributed by atoms with van der Waals surface area (Å²) in [7, 11) is 0. The number of hydrogen-bond acceptors (Lipinski definition) is 6. The Labute approximate surface area is 205 Å². The van der Waals surface area contributed by atoms with Gasteiger partial charge in [0, 0.05) is 18.1 Å². The number of azo groups is 1. The van der Waals surface area contributed by atoms with Crippen molar-refractivity contribution in [3.05, 3.63) is 85.6 Å². The molecular weight excluding hydrogens is 458 g/mol. The van der Waals surface area contributed by atoms with Crippen LogP contribution in [-0.2, 0) is 11.3 Å². The Kier molecular flexibility index (Phi) is 6.06. The molecular formula is C26H21N7O3. The average molecular weight is 480 g/mol. The molecule has 0 saturated heterocycles. The van der Waals surface area contributed by atoms with E-state index in [1.807, 2.05) is 18.2 Å². The van der Waals surface area contributed by atoms with Crippen molar-refractivity contribution in [1.82, 2.24) is 24.4 Å². The number of fused-ring (bicyclic) bond motifs is 2. The van der Waals surface area contributed by atoms with Crippen LogP contribution in [0.5, 0.6) is 5.88 Å². The Hall–Kier alpha value is -5.12. The highest BCUT2D eigenvalue weighted by Gasteiger charge is 2.20. The van der Waals surface area contributed by atoms with E-state index < -0.39 is 18.5 Å². The lowest BCUT2D eigenvalue weighted by Crippen LogP contribution is -2.32. The molecule has 10 nitrogen and oxygen atoms in total. The third kappa shape index (κ3) is 4.11. The summed E-state index contributed by atoms with van der Waals surface area (Å²) in [5, 5.41) is 21.5. The van der Waals surface area contributed by atoms with Crippen LogP contribution in [0.3, 0.4) is 0 Å². The van der Waals surface area contributed by atoms with Gasteiger partial charge in [0.05, 0.1) is 16.6 Å². The molecule has 3 heterocycles. The van der Waals surface area contributed by atoms with Crippen LogP contribution in [0.25, 0.3) is 33.5 Å². The van der Waals surface area contributed by atoms with Gasteiger partial charge in [-0.05, 0) is 30.3 Å². The van der Waals surface area contributed by atoms with E-state index in [9.17, 15) is 14.7 Å². The molecule has 3 aromatic heterocycles. The summed E-state index contributed by atoms with van der Waals surface area (Å²) in [6.45, 7) is 3.67. The molecule has 10 heteroatoms. The maximum Gasteiger partial charge on any atom is 0.328 e. The first kappa shape index (κ1) is 22.7. The number of carbonyl (C=O) groups is 2. The van der Waals surface area contributed by atoms with Crippen LogP contribution >= 0.6 is 0 Å². The summed E-state index contributed by atoms with van der Waals surface area (Å²) in [5.41, 5.74) is 2.61. The predicted octanol–water partition coefficient (Wildman–Crippen LogP) is 4.81. The monoisotopic (exact) mass is 479 g/mol. The normalized spacial score (nSPS) is 11.3. The van der Waals surface area contributed by atoms with Gasteiger partial charge in [-0.15, -0.1) is 16.8 Å². The summed E-state index contributed by atoms with van der Waals surface area (Å²) in [6.07, 6.45) is 3.26. The van der Waals surface area contributed by atoms with Crippen LogP contribution in [0.15, 0.2) is 95.8 Å². The molecule has 178 valence electrons. The largest absolute Gasteiger partial charge is 0.493 e. The van der Waals surface area contributed by atoms with Crippen molar-refractivity contribution < 1.29 is 14.7 Å². The summed E-state index contributed by atoms with van der Waals surface area (Å²) in [4.78, 5) is 34.4. The van der Waals surface area contributed by atoms with Crippen LogP contribution in [0.4, 0.5) is 10.5 Å². The van der Waals surface area contributed by atoms with E-state index in [0.29, 0.717) is 34.5 Å². The van der Waals surface area contributed by atoms with Crippen molar-refractivity contribution in [2.24, 2.45) is 10.2 Å². The number of nitrogens with one attached hydrogen (secondary N) is 1. The van der Waals surface area contributed by atoms with E-state index in [1.54, 1.807) is 65.4 Å². The second-order valence-corrected chi connectivity index (χ2v) is 7.82. The van der Waals surface area contributed by atoms with Gasteiger partial charge in [-0.2, -0.15) is 0 Å². The van der Waals surface area contributed by atoms with Gasteiger partial charge in [0.25, 0.3) is 5.91 Å². The molecule has 0 fully saturated rings. The highest BCUT2D eigenvalue weighted by atomic mass is 16.3. The van der Waals surface area contributed by atoms with Crippen LogP contribution in [0.2, 0.25) is 0 Å². The Bertz CT molecular complexity index is 1630. The lowest BCUT2D eigenvalue weighted by molar-refractivity contribution is -0.117. The van der Waals surface area contributed by atoms with Crippen molar-refractivity contribution in [3.8, 4) is 17.4 Å².